The van der Waals surface area contributed by atoms with Crippen molar-refractivity contribution < 1.29 is 18.0 Å². The maximum absolute atomic E-state index is 12.2. The van der Waals surface area contributed by atoms with Crippen LogP contribution in [0.25, 0.3) is 0 Å². The van der Waals surface area contributed by atoms with E-state index in [1.54, 1.807) is 0 Å². The average Bonchev–Trinajstić information content (AvgIpc) is 2.55. The Morgan fingerprint density at radius 2 is 2.33 bits per heavy atom. The van der Waals surface area contributed by atoms with Crippen LogP contribution in [-0.2, 0) is 17.5 Å². The zero-order valence-corrected chi connectivity index (χ0v) is 7.38. The van der Waals surface area contributed by atoms with Crippen molar-refractivity contribution in [3.05, 3.63) is 11.8 Å². The van der Waals surface area contributed by atoms with E-state index in [2.05, 4.69) is 10.4 Å². The monoisotopic (exact) mass is 220 g/mol. The van der Waals surface area contributed by atoms with Crippen LogP contribution in [0.4, 0.5) is 19.0 Å². The van der Waals surface area contributed by atoms with Crippen LogP contribution < -0.4 is 11.1 Å². The maximum atomic E-state index is 12.2. The third kappa shape index (κ3) is 1.62. The first kappa shape index (κ1) is 9.81. The smallest absolute Gasteiger partial charge is 0.368 e. The lowest BCUT2D eigenvalue weighted by Crippen LogP contribution is -2.34. The lowest BCUT2D eigenvalue weighted by Gasteiger charge is -2.05. The second-order valence-corrected chi connectivity index (χ2v) is 3.19. The molecule has 0 bridgehead atoms. The third-order valence-electron chi connectivity index (χ3n) is 2.09. The number of aromatic nitrogens is 2. The Labute approximate surface area is 82.0 Å². The molecule has 0 radical (unpaired) electrons. The van der Waals surface area contributed by atoms with Crippen LogP contribution in [0, 0.1) is 0 Å². The predicted octanol–water partition coefficient (Wildman–Crippen LogP) is 0.181. The van der Waals surface area contributed by atoms with Crippen LogP contribution in [0.2, 0.25) is 0 Å². The van der Waals surface area contributed by atoms with Crippen LogP contribution in [0.15, 0.2) is 6.07 Å². The van der Waals surface area contributed by atoms with E-state index in [9.17, 15) is 18.0 Å². The van der Waals surface area contributed by atoms with Crippen molar-refractivity contribution in [1.29, 1.82) is 0 Å². The van der Waals surface area contributed by atoms with E-state index in [1.807, 2.05) is 0 Å². The van der Waals surface area contributed by atoms with Crippen LogP contribution in [0.1, 0.15) is 5.69 Å². The van der Waals surface area contributed by atoms with E-state index in [4.69, 9.17) is 5.73 Å². The van der Waals surface area contributed by atoms with Gasteiger partial charge in [-0.25, -0.2) is 4.68 Å². The highest BCUT2D eigenvalue weighted by Gasteiger charge is 2.37. The van der Waals surface area contributed by atoms with Crippen molar-refractivity contribution in [2.24, 2.45) is 5.73 Å². The van der Waals surface area contributed by atoms with Gasteiger partial charge >= 0.3 is 6.18 Å². The van der Waals surface area contributed by atoms with Crippen LogP contribution in [0.3, 0.4) is 0 Å². The van der Waals surface area contributed by atoms with E-state index in [0.717, 1.165) is 10.7 Å². The van der Waals surface area contributed by atoms with Gasteiger partial charge in [-0.1, -0.05) is 0 Å². The molecule has 5 nitrogen and oxygen atoms in total. The molecule has 15 heavy (non-hydrogen) atoms. The number of halogens is 3. The van der Waals surface area contributed by atoms with Gasteiger partial charge in [0.25, 0.3) is 0 Å². The second-order valence-electron chi connectivity index (χ2n) is 3.19. The topological polar surface area (TPSA) is 72.9 Å². The largest absolute Gasteiger partial charge is 0.435 e. The number of amides is 1. The van der Waals surface area contributed by atoms with Gasteiger partial charge in [0.05, 0.1) is 6.54 Å². The number of hydrogen-bond acceptors (Lipinski definition) is 3. The Hall–Kier alpha value is -1.73. The number of anilines is 1. The fraction of sp³-hybridized carbons (Fsp3) is 0.429. The minimum Gasteiger partial charge on any atom is -0.368 e. The first-order valence-corrected chi connectivity index (χ1v) is 4.09. The summed E-state index contributed by atoms with van der Waals surface area (Å²) < 4.78 is 37.7. The summed E-state index contributed by atoms with van der Waals surface area (Å²) >= 11 is 0. The van der Waals surface area contributed by atoms with Gasteiger partial charge in [-0.2, -0.15) is 18.3 Å². The molecular formula is C7H7F3N4O. The number of nitrogens with two attached hydrogens (primary N) is 1. The highest BCUT2D eigenvalue weighted by molar-refractivity contribution is 5.83. The Balaban J connectivity index is 2.23. The molecule has 3 N–H and O–H groups in total. The zero-order valence-electron chi connectivity index (χ0n) is 7.38. The van der Waals surface area contributed by atoms with Crippen molar-refractivity contribution >= 4 is 11.7 Å². The quantitative estimate of drug-likeness (QED) is 0.709. The Morgan fingerprint density at radius 1 is 1.67 bits per heavy atom. The first-order valence-electron chi connectivity index (χ1n) is 4.09. The summed E-state index contributed by atoms with van der Waals surface area (Å²) in [5.41, 5.74) is 4.02. The van der Waals surface area contributed by atoms with Gasteiger partial charge in [0.15, 0.2) is 5.69 Å². The van der Waals surface area contributed by atoms with Crippen molar-refractivity contribution in [2.75, 3.05) is 5.32 Å². The molecule has 2 rings (SSSR count). The zero-order chi connectivity index (χ0) is 11.2. The lowest BCUT2D eigenvalue weighted by atomic mass is 10.3. The predicted molar refractivity (Wildman–Crippen MR) is 43.8 cm³/mol. The van der Waals surface area contributed by atoms with E-state index in [-0.39, 0.29) is 12.4 Å². The molecule has 82 valence electrons. The average molecular weight is 220 g/mol. The summed E-state index contributed by atoms with van der Waals surface area (Å²) in [4.78, 5) is 10.7. The minimum absolute atomic E-state index is 0.0285. The molecule has 0 spiro atoms. The standard InChI is InChI=1S/C7H7F3N4O/c8-7(9,10)4-1-5-12-3(6(11)15)2-14(5)13-4/h1,3,12H,2H2,(H2,11,15). The van der Waals surface area contributed by atoms with E-state index in [1.165, 1.54) is 0 Å². The number of nitrogens with zero attached hydrogens (tertiary/aromatic N) is 2. The number of alkyl halides is 3. The van der Waals surface area contributed by atoms with Crippen molar-refractivity contribution in [3.63, 3.8) is 0 Å². The van der Waals surface area contributed by atoms with Gasteiger partial charge in [-0.15, -0.1) is 0 Å². The Kier molecular flexibility index (Phi) is 1.88. The second kappa shape index (κ2) is 2.88. The summed E-state index contributed by atoms with van der Waals surface area (Å²) in [6.45, 7) is 0.0285. The number of carbonyl (C=O) groups excluding carboxylic acids is 1. The number of rotatable bonds is 1. The van der Waals surface area contributed by atoms with Gasteiger partial charge in [0, 0.05) is 6.07 Å². The molecule has 0 saturated heterocycles. The normalized spacial score (nSPS) is 19.8. The van der Waals surface area contributed by atoms with Gasteiger partial charge in [-0.3, -0.25) is 4.79 Å². The molecule has 1 aromatic rings. The van der Waals surface area contributed by atoms with Gasteiger partial charge in [-0.05, 0) is 0 Å². The van der Waals surface area contributed by atoms with Crippen LogP contribution in [-0.4, -0.2) is 21.7 Å². The van der Waals surface area contributed by atoms with Crippen molar-refractivity contribution in [3.8, 4) is 0 Å². The summed E-state index contributed by atoms with van der Waals surface area (Å²) in [6, 6.07) is 0.165. The SMILES string of the molecule is NC(=O)C1Cn2nc(C(F)(F)F)cc2N1. The molecule has 0 aliphatic carbocycles. The van der Waals surface area contributed by atoms with Crippen molar-refractivity contribution in [2.45, 2.75) is 18.8 Å². The van der Waals surface area contributed by atoms with Crippen molar-refractivity contribution in [1.82, 2.24) is 9.78 Å². The van der Waals surface area contributed by atoms with Gasteiger partial charge in [0.2, 0.25) is 5.91 Å². The van der Waals surface area contributed by atoms with Gasteiger partial charge in [0.1, 0.15) is 11.9 Å². The van der Waals surface area contributed by atoms with Crippen LogP contribution >= 0.6 is 0 Å². The molecule has 0 fully saturated rings. The number of primary amides is 1. The number of nitrogens with one attached hydrogen (secondary N) is 1. The molecule has 2 heterocycles. The first-order chi connectivity index (χ1) is 6.88. The summed E-state index contributed by atoms with van der Waals surface area (Å²) in [5.74, 6) is -0.458. The molecule has 0 aromatic carbocycles. The molecule has 1 aromatic heterocycles. The Bertz CT molecular complexity index is 387. The fourth-order valence-electron chi connectivity index (χ4n) is 1.37. The van der Waals surface area contributed by atoms with E-state index >= 15 is 0 Å². The lowest BCUT2D eigenvalue weighted by molar-refractivity contribution is -0.141. The highest BCUT2D eigenvalue weighted by atomic mass is 19.4. The molecule has 1 aliphatic rings. The minimum atomic E-state index is -4.47. The number of carbonyl (C=O) groups is 1. The summed E-state index contributed by atoms with van der Waals surface area (Å²) in [7, 11) is 0. The van der Waals surface area contributed by atoms with Gasteiger partial charge < -0.3 is 11.1 Å². The summed E-state index contributed by atoms with van der Waals surface area (Å²) in [6.07, 6.45) is -4.47. The van der Waals surface area contributed by atoms with E-state index in [0.29, 0.717) is 0 Å². The van der Waals surface area contributed by atoms with E-state index < -0.39 is 23.8 Å². The fourth-order valence-corrected chi connectivity index (χ4v) is 1.37. The molecule has 1 atom stereocenters. The molecule has 1 aliphatic heterocycles. The highest BCUT2D eigenvalue weighted by Crippen LogP contribution is 2.31. The molecule has 1 unspecified atom stereocenters. The molecule has 8 heteroatoms. The number of fused-ring (bicyclic) bond motifs is 1. The third-order valence-corrected chi connectivity index (χ3v) is 2.09. The maximum Gasteiger partial charge on any atom is 0.435 e. The molecule has 0 saturated carbocycles. The summed E-state index contributed by atoms with van der Waals surface area (Å²) in [5, 5.41) is 5.87. The Morgan fingerprint density at radius 3 is 2.80 bits per heavy atom. The molecule has 1 amide bonds. The number of hydrogen-bond donors (Lipinski definition) is 2. The van der Waals surface area contributed by atoms with Crippen LogP contribution in [0.5, 0.6) is 0 Å². The molecular weight excluding hydrogens is 213 g/mol.